The van der Waals surface area contributed by atoms with E-state index >= 15 is 0 Å². The van der Waals surface area contributed by atoms with Crippen LogP contribution in [-0.2, 0) is 10.0 Å². The molecule has 3 aliphatic rings. The maximum atomic E-state index is 13.8. The Morgan fingerprint density at radius 3 is 2.34 bits per heavy atom. The third-order valence-electron chi connectivity index (χ3n) is 8.47. The summed E-state index contributed by atoms with van der Waals surface area (Å²) < 4.78 is 46.8. The van der Waals surface area contributed by atoms with E-state index in [0.29, 0.717) is 52.2 Å². The van der Waals surface area contributed by atoms with E-state index < -0.39 is 10.0 Å². The van der Waals surface area contributed by atoms with Gasteiger partial charge in [0.25, 0.3) is 0 Å². The number of sulfonamides is 1. The molecule has 3 saturated heterocycles. The first-order valence-electron chi connectivity index (χ1n) is 14.3. The van der Waals surface area contributed by atoms with Crippen molar-refractivity contribution in [1.82, 2.24) is 19.3 Å². The number of hydrogen-bond acceptors (Lipinski definition) is 9. The van der Waals surface area contributed by atoms with E-state index in [2.05, 4.69) is 14.9 Å². The molecule has 0 spiro atoms. The number of aromatic nitrogens is 3. The van der Waals surface area contributed by atoms with E-state index in [9.17, 15) is 8.42 Å². The van der Waals surface area contributed by atoms with Crippen LogP contribution in [0, 0.1) is 13.8 Å². The zero-order valence-corrected chi connectivity index (χ0v) is 24.6. The van der Waals surface area contributed by atoms with Gasteiger partial charge in [-0.1, -0.05) is 0 Å². The van der Waals surface area contributed by atoms with E-state index in [1.165, 1.54) is 0 Å². The Balaban J connectivity index is 1.12. The van der Waals surface area contributed by atoms with Crippen LogP contribution in [0.15, 0.2) is 53.8 Å². The molecule has 2 bridgehead atoms. The molecule has 0 N–H and O–H groups in total. The molecule has 1 unspecified atom stereocenters. The van der Waals surface area contributed by atoms with Gasteiger partial charge in [0, 0.05) is 56.1 Å². The number of aryl methyl sites for hydroxylation is 2. The largest absolute Gasteiger partial charge is 0.497 e. The highest BCUT2D eigenvalue weighted by atomic mass is 32.2. The van der Waals surface area contributed by atoms with Gasteiger partial charge in [-0.25, -0.2) is 13.4 Å². The topological polar surface area (TPSA) is 107 Å². The van der Waals surface area contributed by atoms with Gasteiger partial charge in [-0.15, -0.1) is 0 Å². The molecule has 2 aromatic heterocycles. The summed E-state index contributed by atoms with van der Waals surface area (Å²) in [7, 11) is -2.11. The summed E-state index contributed by atoms with van der Waals surface area (Å²) in [5, 5.41) is 0. The molecule has 6 rings (SSSR count). The molecule has 11 heteroatoms. The zero-order valence-electron chi connectivity index (χ0n) is 23.8. The lowest BCUT2D eigenvalue weighted by Gasteiger charge is -2.38. The second-order valence-corrected chi connectivity index (χ2v) is 13.0. The van der Waals surface area contributed by atoms with Gasteiger partial charge in [-0.05, 0) is 74.9 Å². The quantitative estimate of drug-likeness (QED) is 0.367. The van der Waals surface area contributed by atoms with Crippen molar-refractivity contribution >= 4 is 16.0 Å². The van der Waals surface area contributed by atoms with Gasteiger partial charge >= 0.3 is 0 Å². The Morgan fingerprint density at radius 1 is 0.951 bits per heavy atom. The predicted molar refractivity (Wildman–Crippen MR) is 154 cm³/mol. The molecular weight excluding hydrogens is 542 g/mol. The molecule has 4 atom stereocenters. The zero-order chi connectivity index (χ0) is 28.6. The van der Waals surface area contributed by atoms with Crippen molar-refractivity contribution in [2.75, 3.05) is 25.2 Å². The van der Waals surface area contributed by atoms with Crippen LogP contribution < -0.4 is 19.1 Å². The lowest BCUT2D eigenvalue weighted by Crippen LogP contribution is -2.47. The number of benzene rings is 1. The van der Waals surface area contributed by atoms with Gasteiger partial charge in [-0.3, -0.25) is 4.98 Å². The van der Waals surface area contributed by atoms with Crippen LogP contribution in [0.3, 0.4) is 0 Å². The van der Waals surface area contributed by atoms with Gasteiger partial charge < -0.3 is 19.1 Å². The molecule has 0 amide bonds. The van der Waals surface area contributed by atoms with Crippen molar-refractivity contribution in [2.45, 2.75) is 81.5 Å². The minimum absolute atomic E-state index is 0.152. The molecule has 218 valence electrons. The molecule has 3 fully saturated rings. The van der Waals surface area contributed by atoms with E-state index in [1.807, 2.05) is 26.0 Å². The summed E-state index contributed by atoms with van der Waals surface area (Å²) in [6, 6.07) is 9.43. The lowest BCUT2D eigenvalue weighted by molar-refractivity contribution is 0.149. The maximum absolute atomic E-state index is 13.8. The van der Waals surface area contributed by atoms with E-state index in [4.69, 9.17) is 19.2 Å². The van der Waals surface area contributed by atoms with E-state index in [1.54, 1.807) is 48.2 Å². The SMILES string of the molecule is COc1cc(C)c(S(=O)(=O)N2CCC[C@H]2COc2ccnc(N3[C@@H]4CC[C@H]3CC(Oc3ccncc3)C4)n2)c(C)c1. The lowest BCUT2D eigenvalue weighted by atomic mass is 10.00. The average molecular weight is 580 g/mol. The second-order valence-electron chi connectivity index (χ2n) is 11.2. The van der Waals surface area contributed by atoms with Gasteiger partial charge in [0.05, 0.1) is 18.0 Å². The third kappa shape index (κ3) is 5.57. The Hall–Kier alpha value is -3.44. The molecule has 5 heterocycles. The van der Waals surface area contributed by atoms with Crippen molar-refractivity contribution < 1.29 is 22.6 Å². The summed E-state index contributed by atoms with van der Waals surface area (Å²) in [4.78, 5) is 16.1. The number of hydrogen-bond donors (Lipinski definition) is 0. The fourth-order valence-corrected chi connectivity index (χ4v) is 8.82. The minimum Gasteiger partial charge on any atom is -0.497 e. The number of rotatable bonds is 9. The fraction of sp³-hybridized carbons (Fsp3) is 0.500. The summed E-state index contributed by atoms with van der Waals surface area (Å²) >= 11 is 0. The van der Waals surface area contributed by atoms with E-state index in [0.717, 1.165) is 44.3 Å². The highest BCUT2D eigenvalue weighted by molar-refractivity contribution is 7.89. The van der Waals surface area contributed by atoms with Crippen LogP contribution in [0.5, 0.6) is 17.4 Å². The number of nitrogens with zero attached hydrogens (tertiary/aromatic N) is 5. The standard InChI is InChI=1S/C30H37N5O5S/c1-20-15-26(38-3)16-21(2)29(20)41(36,37)34-14-4-5-24(34)19-39-28-10-13-32-30(33-28)35-22-6-7-23(35)18-27(17-22)40-25-8-11-31-12-9-25/h8-13,15-16,22-24,27H,4-7,14,17-19H2,1-3H3/t22-,23+,24-,27?/m0/s1. The summed E-state index contributed by atoms with van der Waals surface area (Å²) in [6.45, 7) is 4.33. The second kappa shape index (κ2) is 11.4. The normalized spacial score (nSPS) is 24.4. The van der Waals surface area contributed by atoms with Crippen LogP contribution in [0.1, 0.15) is 49.7 Å². The fourth-order valence-electron chi connectivity index (χ4n) is 6.72. The number of ether oxygens (including phenoxy) is 3. The monoisotopic (exact) mass is 579 g/mol. The number of fused-ring (bicyclic) bond motifs is 2. The summed E-state index contributed by atoms with van der Waals surface area (Å²) in [5.41, 5.74) is 1.36. The maximum Gasteiger partial charge on any atom is 0.243 e. The van der Waals surface area contributed by atoms with Gasteiger partial charge in [-0.2, -0.15) is 9.29 Å². The number of pyridine rings is 1. The van der Waals surface area contributed by atoms with Gasteiger partial charge in [0.1, 0.15) is 24.2 Å². The number of anilines is 1. The smallest absolute Gasteiger partial charge is 0.243 e. The first-order chi connectivity index (χ1) is 19.8. The Kier molecular flexibility index (Phi) is 7.74. The third-order valence-corrected chi connectivity index (χ3v) is 10.7. The van der Waals surface area contributed by atoms with Crippen LogP contribution >= 0.6 is 0 Å². The molecule has 3 aliphatic heterocycles. The van der Waals surface area contributed by atoms with Crippen molar-refractivity contribution in [1.29, 1.82) is 0 Å². The Labute approximate surface area is 241 Å². The average Bonchev–Trinajstić information content (AvgIpc) is 3.55. The Morgan fingerprint density at radius 2 is 1.66 bits per heavy atom. The summed E-state index contributed by atoms with van der Waals surface area (Å²) in [5.74, 6) is 2.63. The van der Waals surface area contributed by atoms with Crippen LogP contribution in [0.25, 0.3) is 0 Å². The van der Waals surface area contributed by atoms with Crippen LogP contribution in [0.4, 0.5) is 5.95 Å². The summed E-state index contributed by atoms with van der Waals surface area (Å²) in [6.07, 6.45) is 10.9. The highest BCUT2D eigenvalue weighted by Crippen LogP contribution is 2.39. The van der Waals surface area contributed by atoms with Crippen molar-refractivity contribution in [2.24, 2.45) is 0 Å². The molecule has 10 nitrogen and oxygen atoms in total. The molecular formula is C30H37N5O5S. The Bertz CT molecular complexity index is 1450. The van der Waals surface area contributed by atoms with Gasteiger partial charge in [0.15, 0.2) is 0 Å². The molecule has 0 aliphatic carbocycles. The number of methoxy groups -OCH3 is 1. The molecule has 1 aromatic carbocycles. The van der Waals surface area contributed by atoms with Crippen LogP contribution in [-0.4, -0.2) is 72.2 Å². The number of piperidine rings is 1. The van der Waals surface area contributed by atoms with E-state index in [-0.39, 0.29) is 18.8 Å². The minimum atomic E-state index is -3.70. The first kappa shape index (κ1) is 27.7. The molecule has 0 radical (unpaired) electrons. The van der Waals surface area contributed by atoms with Crippen molar-refractivity contribution in [3.05, 3.63) is 60.0 Å². The first-order valence-corrected chi connectivity index (χ1v) is 15.8. The van der Waals surface area contributed by atoms with Crippen molar-refractivity contribution in [3.8, 4) is 17.4 Å². The highest BCUT2D eigenvalue weighted by Gasteiger charge is 2.43. The van der Waals surface area contributed by atoms with Crippen molar-refractivity contribution in [3.63, 3.8) is 0 Å². The molecule has 0 saturated carbocycles. The predicted octanol–water partition coefficient (Wildman–Crippen LogP) is 4.31. The van der Waals surface area contributed by atoms with Crippen LogP contribution in [0.2, 0.25) is 0 Å². The molecule has 3 aromatic rings. The molecule has 41 heavy (non-hydrogen) atoms. The van der Waals surface area contributed by atoms with Gasteiger partial charge in [0.2, 0.25) is 21.9 Å².